The summed E-state index contributed by atoms with van der Waals surface area (Å²) in [6, 6.07) is 8.87. The van der Waals surface area contributed by atoms with Crippen molar-refractivity contribution in [2.45, 2.75) is 92.6 Å². The van der Waals surface area contributed by atoms with Crippen molar-refractivity contribution in [2.24, 2.45) is 0 Å². The second kappa shape index (κ2) is 20.8. The summed E-state index contributed by atoms with van der Waals surface area (Å²) >= 11 is 0. The number of carbonyl (C=O) groups is 1. The van der Waals surface area contributed by atoms with Crippen LogP contribution in [0, 0.1) is 6.92 Å². The monoisotopic (exact) mass is 549 g/mol. The fraction of sp³-hybridized carbons (Fsp3) is 0.486. The van der Waals surface area contributed by atoms with Crippen LogP contribution in [0.25, 0.3) is 16.7 Å². The van der Waals surface area contributed by atoms with E-state index in [9.17, 15) is 4.79 Å². The number of pyridine rings is 1. The molecule has 0 radical (unpaired) electrons. The topological polar surface area (TPSA) is 68.7 Å². The molecular weight excluding hydrogens is 498 g/mol. The van der Waals surface area contributed by atoms with Gasteiger partial charge in [-0.25, -0.2) is 0 Å². The Morgan fingerprint density at radius 2 is 1.90 bits per heavy atom. The van der Waals surface area contributed by atoms with E-state index < -0.39 is 0 Å². The minimum absolute atomic E-state index is 0.124. The number of aliphatic hydroxyl groups excluding tert-OH is 1. The van der Waals surface area contributed by atoms with E-state index >= 15 is 0 Å². The molecule has 5 heteroatoms. The maximum atomic E-state index is 9.58. The van der Waals surface area contributed by atoms with Crippen LogP contribution < -0.4 is 0 Å². The van der Waals surface area contributed by atoms with Crippen molar-refractivity contribution in [3.8, 4) is 11.1 Å². The van der Waals surface area contributed by atoms with Crippen molar-refractivity contribution in [2.75, 3.05) is 19.8 Å². The van der Waals surface area contributed by atoms with E-state index in [0.29, 0.717) is 31.3 Å². The summed E-state index contributed by atoms with van der Waals surface area (Å²) in [4.78, 5) is 14.0. The van der Waals surface area contributed by atoms with Gasteiger partial charge in [-0.1, -0.05) is 65.0 Å². The lowest BCUT2D eigenvalue weighted by Crippen LogP contribution is -2.20. The molecule has 3 rings (SSSR count). The molecule has 1 aromatic heterocycles. The molecule has 5 nitrogen and oxygen atoms in total. The Kier molecular flexibility index (Phi) is 18.2. The minimum atomic E-state index is 0.124. The van der Waals surface area contributed by atoms with Crippen molar-refractivity contribution in [1.29, 1.82) is 0 Å². The van der Waals surface area contributed by atoms with Crippen LogP contribution in [-0.2, 0) is 14.3 Å². The quantitative estimate of drug-likeness (QED) is 0.117. The average molecular weight is 550 g/mol. The second-order valence-electron chi connectivity index (χ2n) is 9.73. The SMILES string of the molecule is CC.C\C=C(/C=C\C(=C\CC)OC1CCC1)c1ccc(-c2cnccc2C(C)C)c(C)c1.O=CCOCCCO. The first-order valence-corrected chi connectivity index (χ1v) is 14.8. The molecule has 0 atom stereocenters. The molecule has 0 amide bonds. The van der Waals surface area contributed by atoms with Crippen LogP contribution in [0.1, 0.15) is 96.3 Å². The summed E-state index contributed by atoms with van der Waals surface area (Å²) in [7, 11) is 0. The van der Waals surface area contributed by atoms with E-state index in [4.69, 9.17) is 14.6 Å². The molecule has 0 aliphatic heterocycles. The number of aryl methyl sites for hydroxylation is 1. The molecule has 0 bridgehead atoms. The second-order valence-corrected chi connectivity index (χ2v) is 9.73. The third-order valence-corrected chi connectivity index (χ3v) is 6.46. The van der Waals surface area contributed by atoms with Crippen LogP contribution in [0.3, 0.4) is 0 Å². The molecule has 40 heavy (non-hydrogen) atoms. The van der Waals surface area contributed by atoms with E-state index in [1.54, 1.807) is 0 Å². The fourth-order valence-corrected chi connectivity index (χ4v) is 4.15. The lowest BCUT2D eigenvalue weighted by Gasteiger charge is -2.27. The molecular formula is C35H51NO4. The van der Waals surface area contributed by atoms with Crippen LogP contribution in [-0.4, -0.2) is 42.3 Å². The Balaban J connectivity index is 0.000000689. The van der Waals surface area contributed by atoms with Gasteiger partial charge in [-0.15, -0.1) is 0 Å². The highest BCUT2D eigenvalue weighted by Crippen LogP contribution is 2.32. The molecule has 1 heterocycles. The molecule has 1 aliphatic carbocycles. The smallest absolute Gasteiger partial charge is 0.145 e. The van der Waals surface area contributed by atoms with Crippen molar-refractivity contribution >= 4 is 11.9 Å². The van der Waals surface area contributed by atoms with Gasteiger partial charge in [-0.2, -0.15) is 0 Å². The molecule has 1 saturated carbocycles. The summed E-state index contributed by atoms with van der Waals surface area (Å²) < 4.78 is 10.8. The summed E-state index contributed by atoms with van der Waals surface area (Å²) in [6.45, 7) is 15.6. The number of aliphatic hydroxyl groups is 1. The predicted octanol–water partition coefficient (Wildman–Crippen LogP) is 8.61. The number of ether oxygens (including phenoxy) is 2. The number of hydrogen-bond acceptors (Lipinski definition) is 5. The normalized spacial score (nSPS) is 13.7. The van der Waals surface area contributed by atoms with Crippen molar-refractivity contribution in [1.82, 2.24) is 4.98 Å². The van der Waals surface area contributed by atoms with Crippen LogP contribution in [0.2, 0.25) is 0 Å². The van der Waals surface area contributed by atoms with Gasteiger partial charge in [-0.3, -0.25) is 4.98 Å². The van der Waals surface area contributed by atoms with Gasteiger partial charge < -0.3 is 19.4 Å². The van der Waals surface area contributed by atoms with Crippen LogP contribution in [0.4, 0.5) is 0 Å². The van der Waals surface area contributed by atoms with E-state index in [1.165, 1.54) is 52.7 Å². The molecule has 0 spiro atoms. The maximum absolute atomic E-state index is 9.58. The summed E-state index contributed by atoms with van der Waals surface area (Å²) in [5.74, 6) is 1.46. The highest BCUT2D eigenvalue weighted by atomic mass is 16.5. The summed E-state index contributed by atoms with van der Waals surface area (Å²) in [5, 5.41) is 8.20. The van der Waals surface area contributed by atoms with Gasteiger partial charge in [0.2, 0.25) is 0 Å². The lowest BCUT2D eigenvalue weighted by atomic mass is 9.90. The zero-order chi connectivity index (χ0) is 29.8. The van der Waals surface area contributed by atoms with Crippen molar-refractivity contribution in [3.05, 3.63) is 83.4 Å². The Hall–Kier alpha value is -3.02. The first kappa shape index (κ1) is 35.0. The molecule has 1 aromatic carbocycles. The Morgan fingerprint density at radius 3 is 2.45 bits per heavy atom. The van der Waals surface area contributed by atoms with Gasteiger partial charge in [0, 0.05) is 31.2 Å². The van der Waals surface area contributed by atoms with Gasteiger partial charge in [0.15, 0.2) is 0 Å². The molecule has 2 aromatic rings. The lowest BCUT2D eigenvalue weighted by molar-refractivity contribution is -0.111. The van der Waals surface area contributed by atoms with E-state index in [-0.39, 0.29) is 13.2 Å². The number of benzene rings is 1. The van der Waals surface area contributed by atoms with E-state index in [0.717, 1.165) is 12.2 Å². The molecule has 1 aliphatic rings. The van der Waals surface area contributed by atoms with Gasteiger partial charge in [0.25, 0.3) is 0 Å². The minimum Gasteiger partial charge on any atom is -0.491 e. The maximum Gasteiger partial charge on any atom is 0.145 e. The Bertz CT molecular complexity index is 1080. The van der Waals surface area contributed by atoms with Gasteiger partial charge in [0.1, 0.15) is 18.7 Å². The highest BCUT2D eigenvalue weighted by molar-refractivity contribution is 5.78. The van der Waals surface area contributed by atoms with Crippen LogP contribution >= 0.6 is 0 Å². The molecule has 0 unspecified atom stereocenters. The van der Waals surface area contributed by atoms with Gasteiger partial charge in [0.05, 0.1) is 6.10 Å². The first-order valence-electron chi connectivity index (χ1n) is 14.8. The molecule has 0 saturated heterocycles. The number of hydrogen-bond donors (Lipinski definition) is 1. The average Bonchev–Trinajstić information content (AvgIpc) is 2.95. The third kappa shape index (κ3) is 12.0. The number of rotatable bonds is 13. The number of allylic oxidation sites excluding steroid dienone is 5. The van der Waals surface area contributed by atoms with Crippen molar-refractivity contribution in [3.63, 3.8) is 0 Å². The standard InChI is InChI=1S/C28H35NO.C5H10O3.C2H6/c1-6-9-24(30-25-10-8-11-25)14-12-22(7-2)23-13-15-27(21(5)18-23)28-19-29-17-16-26(28)20(3)4;6-2-1-4-8-5-3-7;1-2/h7,9,12-20,25H,6,8,10-11H2,1-5H3;3,6H,1-2,4-5H2;1-2H3/b14-12-,22-7+,24-9-;;. The highest BCUT2D eigenvalue weighted by Gasteiger charge is 2.19. The van der Waals surface area contributed by atoms with Crippen LogP contribution in [0.15, 0.2) is 66.7 Å². The molecule has 1 fully saturated rings. The van der Waals surface area contributed by atoms with Gasteiger partial charge >= 0.3 is 0 Å². The summed E-state index contributed by atoms with van der Waals surface area (Å²) in [6.07, 6.45) is 18.8. The Labute approximate surface area is 243 Å². The largest absolute Gasteiger partial charge is 0.491 e. The van der Waals surface area contributed by atoms with E-state index in [1.807, 2.05) is 26.2 Å². The Morgan fingerprint density at radius 1 is 1.15 bits per heavy atom. The third-order valence-electron chi connectivity index (χ3n) is 6.46. The number of aldehydes is 1. The molecule has 220 valence electrons. The zero-order valence-corrected chi connectivity index (χ0v) is 25.8. The van der Waals surface area contributed by atoms with Crippen LogP contribution in [0.5, 0.6) is 0 Å². The number of carbonyl (C=O) groups excluding carboxylic acids is 1. The van der Waals surface area contributed by atoms with Crippen molar-refractivity contribution < 1.29 is 19.4 Å². The zero-order valence-electron chi connectivity index (χ0n) is 25.8. The van der Waals surface area contributed by atoms with Gasteiger partial charge in [-0.05, 0) is 97.9 Å². The summed E-state index contributed by atoms with van der Waals surface area (Å²) in [5.41, 5.74) is 7.54. The fourth-order valence-electron chi connectivity index (χ4n) is 4.15. The number of nitrogens with zero attached hydrogens (tertiary/aromatic N) is 1. The molecule has 1 N–H and O–H groups in total. The first-order chi connectivity index (χ1) is 19.4. The van der Waals surface area contributed by atoms with E-state index in [2.05, 4.69) is 88.2 Å². The predicted molar refractivity (Wildman–Crippen MR) is 168 cm³/mol. The number of aromatic nitrogens is 1.